The highest BCUT2D eigenvalue weighted by molar-refractivity contribution is 5.27. The number of aliphatic hydroxyl groups excluding tert-OH is 2. The number of allylic oxidation sites excluding steroid dienone is 2. The molecule has 2 nitrogen and oxygen atoms in total. The SMILES string of the molecule is C[C@H](CCCCCCCCCCCCCC[C@@H](C)[C@H]1CC[C@H]2[C@@H]3CC=C4C[C@@H](O)CC[C@]4(C)[C@H]3CC[C@]12C)[C@H]1CC[C@H]2[C@@H]3CC=C4C[C@@H](O)CC[C@]4(C)[C@H]3CC[C@]12C. The van der Waals surface area contributed by atoms with Gasteiger partial charge < -0.3 is 10.2 Å². The topological polar surface area (TPSA) is 40.5 Å². The minimum Gasteiger partial charge on any atom is -0.393 e. The highest BCUT2D eigenvalue weighted by Crippen LogP contribution is 2.69. The number of hydrogen-bond acceptors (Lipinski definition) is 2. The predicted octanol–water partition coefficient (Wildman–Crippen LogP) is 15.6. The number of unbranched alkanes of at least 4 members (excludes halogenated alkanes) is 11. The molecule has 0 aromatic heterocycles. The maximum Gasteiger partial charge on any atom is 0.0577 e. The van der Waals surface area contributed by atoms with Crippen LogP contribution in [0.15, 0.2) is 23.3 Å². The average molecular weight is 799 g/mol. The van der Waals surface area contributed by atoms with E-state index in [9.17, 15) is 10.2 Å². The Morgan fingerprint density at radius 2 is 0.828 bits per heavy atom. The highest BCUT2D eigenvalue weighted by Gasteiger charge is 2.60. The zero-order chi connectivity index (χ0) is 40.7. The number of hydrogen-bond donors (Lipinski definition) is 2. The molecular formula is C56H94O2. The summed E-state index contributed by atoms with van der Waals surface area (Å²) in [6, 6.07) is 0. The van der Waals surface area contributed by atoms with Gasteiger partial charge in [0.25, 0.3) is 0 Å². The van der Waals surface area contributed by atoms with Gasteiger partial charge in [0.05, 0.1) is 12.2 Å². The average Bonchev–Trinajstić information content (AvgIpc) is 3.75. The lowest BCUT2D eigenvalue weighted by Gasteiger charge is -2.58. The minimum absolute atomic E-state index is 0.0848. The molecule has 0 bridgehead atoms. The smallest absolute Gasteiger partial charge is 0.0577 e. The van der Waals surface area contributed by atoms with E-state index in [1.165, 1.54) is 167 Å². The van der Waals surface area contributed by atoms with Crippen LogP contribution >= 0.6 is 0 Å². The van der Waals surface area contributed by atoms with E-state index in [1.807, 2.05) is 0 Å². The van der Waals surface area contributed by atoms with E-state index in [2.05, 4.69) is 53.7 Å². The standard InChI is InChI=1S/C56H94O2/c1-39(47-25-27-49-45-23-21-41-37-43(57)29-33-53(41,3)51(45)31-35-55(47,49)5)19-17-15-13-11-9-7-8-10-12-14-16-18-20-40(2)48-26-28-50-46-24-22-42-38-44(58)30-34-54(42,4)52(46)32-36-56(48,50)6/h21-22,39-40,43-52,57-58H,7-20,23-38H2,1-6H3/t39-,40-,43+,44+,45+,46+,47-,48-,49+,50+,51+,52+,53+,54+,55-,56-/m1/s1. The van der Waals surface area contributed by atoms with Crippen molar-refractivity contribution in [3.63, 3.8) is 0 Å². The van der Waals surface area contributed by atoms with Gasteiger partial charge in [-0.25, -0.2) is 0 Å². The maximum atomic E-state index is 10.4. The van der Waals surface area contributed by atoms with Crippen LogP contribution in [0.25, 0.3) is 0 Å². The maximum absolute atomic E-state index is 10.4. The first-order chi connectivity index (χ1) is 27.9. The third kappa shape index (κ3) is 8.32. The van der Waals surface area contributed by atoms with Crippen LogP contribution in [0.5, 0.6) is 0 Å². The summed E-state index contributed by atoms with van der Waals surface area (Å²) in [4.78, 5) is 0. The molecule has 0 spiro atoms. The summed E-state index contributed by atoms with van der Waals surface area (Å²) >= 11 is 0. The molecular weight excluding hydrogens is 705 g/mol. The lowest BCUT2D eigenvalue weighted by atomic mass is 9.47. The predicted molar refractivity (Wildman–Crippen MR) is 245 cm³/mol. The highest BCUT2D eigenvalue weighted by atomic mass is 16.3. The summed E-state index contributed by atoms with van der Waals surface area (Å²) in [5, 5.41) is 20.8. The molecule has 0 aromatic rings. The zero-order valence-corrected chi connectivity index (χ0v) is 39.2. The second-order valence-corrected chi connectivity index (χ2v) is 24.5. The van der Waals surface area contributed by atoms with E-state index < -0.39 is 0 Å². The fraction of sp³-hybridized carbons (Fsp3) is 0.929. The Morgan fingerprint density at radius 1 is 0.466 bits per heavy atom. The Hall–Kier alpha value is -0.600. The van der Waals surface area contributed by atoms with E-state index >= 15 is 0 Å². The molecule has 0 saturated heterocycles. The van der Waals surface area contributed by atoms with Crippen LogP contribution in [-0.2, 0) is 0 Å². The molecule has 58 heavy (non-hydrogen) atoms. The van der Waals surface area contributed by atoms with Crippen molar-refractivity contribution in [2.45, 2.75) is 246 Å². The number of fused-ring (bicyclic) bond motifs is 10. The van der Waals surface area contributed by atoms with Gasteiger partial charge in [-0.3, -0.25) is 0 Å². The second-order valence-electron chi connectivity index (χ2n) is 24.5. The van der Waals surface area contributed by atoms with Crippen LogP contribution in [0.3, 0.4) is 0 Å². The Balaban J connectivity index is 0.650. The fourth-order valence-corrected chi connectivity index (χ4v) is 18.3. The van der Waals surface area contributed by atoms with Crippen LogP contribution in [0, 0.1) is 80.8 Å². The summed E-state index contributed by atoms with van der Waals surface area (Å²) in [6.07, 6.45) is 46.4. The van der Waals surface area contributed by atoms with Gasteiger partial charge in [0.15, 0.2) is 0 Å². The summed E-state index contributed by atoms with van der Waals surface area (Å²) in [5.74, 6) is 9.12. The molecule has 0 unspecified atom stereocenters. The van der Waals surface area contributed by atoms with Crippen LogP contribution in [0.2, 0.25) is 0 Å². The van der Waals surface area contributed by atoms with Gasteiger partial charge in [-0.2, -0.15) is 0 Å². The summed E-state index contributed by atoms with van der Waals surface area (Å²) in [5.41, 5.74) is 5.16. The molecule has 0 amide bonds. The Labute approximate surface area is 359 Å². The number of rotatable bonds is 17. The normalized spacial score (nSPS) is 45.4. The third-order valence-electron chi connectivity index (χ3n) is 21.7. The first kappa shape index (κ1) is 44.0. The molecule has 0 radical (unpaired) electrons. The second kappa shape index (κ2) is 18.2. The van der Waals surface area contributed by atoms with Crippen LogP contribution in [0.1, 0.15) is 234 Å². The molecule has 0 aromatic carbocycles. The van der Waals surface area contributed by atoms with Crippen LogP contribution in [-0.4, -0.2) is 22.4 Å². The Morgan fingerprint density at radius 3 is 1.21 bits per heavy atom. The molecule has 0 aliphatic heterocycles. The lowest BCUT2D eigenvalue weighted by Crippen LogP contribution is -2.50. The first-order valence-corrected chi connectivity index (χ1v) is 26.6. The van der Waals surface area contributed by atoms with Crippen LogP contribution < -0.4 is 0 Å². The van der Waals surface area contributed by atoms with Crippen molar-refractivity contribution in [3.05, 3.63) is 23.3 Å². The van der Waals surface area contributed by atoms with Gasteiger partial charge in [0, 0.05) is 0 Å². The molecule has 8 aliphatic carbocycles. The van der Waals surface area contributed by atoms with Crippen molar-refractivity contribution in [2.24, 2.45) is 80.8 Å². The fourth-order valence-electron chi connectivity index (χ4n) is 18.3. The first-order valence-electron chi connectivity index (χ1n) is 26.6. The van der Waals surface area contributed by atoms with Gasteiger partial charge in [-0.05, 0) is 184 Å². The van der Waals surface area contributed by atoms with Gasteiger partial charge in [-0.15, -0.1) is 0 Å². The van der Waals surface area contributed by atoms with Crippen molar-refractivity contribution in [2.75, 3.05) is 0 Å². The summed E-state index contributed by atoms with van der Waals surface area (Å²) in [7, 11) is 0. The van der Waals surface area contributed by atoms with Crippen molar-refractivity contribution in [3.8, 4) is 0 Å². The minimum atomic E-state index is -0.0848. The van der Waals surface area contributed by atoms with Gasteiger partial charge in [0.1, 0.15) is 0 Å². The molecule has 2 N–H and O–H groups in total. The Bertz CT molecular complexity index is 1320. The zero-order valence-electron chi connectivity index (χ0n) is 39.2. The van der Waals surface area contributed by atoms with Crippen LogP contribution in [0.4, 0.5) is 0 Å². The number of aliphatic hydroxyl groups is 2. The van der Waals surface area contributed by atoms with Gasteiger partial charge in [0.2, 0.25) is 0 Å². The summed E-state index contributed by atoms with van der Waals surface area (Å²) < 4.78 is 0. The third-order valence-corrected chi connectivity index (χ3v) is 21.7. The quantitative estimate of drug-likeness (QED) is 0.114. The van der Waals surface area contributed by atoms with E-state index in [0.717, 1.165) is 84.9 Å². The molecule has 16 atom stereocenters. The molecule has 8 aliphatic rings. The van der Waals surface area contributed by atoms with E-state index in [0.29, 0.717) is 21.7 Å². The van der Waals surface area contributed by atoms with Crippen molar-refractivity contribution < 1.29 is 10.2 Å². The van der Waals surface area contributed by atoms with E-state index in [4.69, 9.17) is 0 Å². The lowest BCUT2D eigenvalue weighted by molar-refractivity contribution is -0.0572. The molecule has 0 heterocycles. The monoisotopic (exact) mass is 799 g/mol. The largest absolute Gasteiger partial charge is 0.393 e. The molecule has 330 valence electrons. The van der Waals surface area contributed by atoms with E-state index in [1.54, 1.807) is 11.1 Å². The molecule has 6 saturated carbocycles. The van der Waals surface area contributed by atoms with Crippen molar-refractivity contribution in [1.29, 1.82) is 0 Å². The summed E-state index contributed by atoms with van der Waals surface area (Å²) in [6.45, 7) is 15.9. The van der Waals surface area contributed by atoms with Gasteiger partial charge in [-0.1, -0.05) is 155 Å². The van der Waals surface area contributed by atoms with E-state index in [-0.39, 0.29) is 12.2 Å². The molecule has 2 heteroatoms. The Kier molecular flexibility index (Phi) is 13.9. The van der Waals surface area contributed by atoms with Gasteiger partial charge >= 0.3 is 0 Å². The molecule has 8 rings (SSSR count). The van der Waals surface area contributed by atoms with Crippen molar-refractivity contribution >= 4 is 0 Å². The van der Waals surface area contributed by atoms with Crippen molar-refractivity contribution in [1.82, 2.24) is 0 Å². The molecule has 6 fully saturated rings.